The van der Waals surface area contributed by atoms with E-state index in [4.69, 9.17) is 9.15 Å². The maximum absolute atomic E-state index is 12.6. The summed E-state index contributed by atoms with van der Waals surface area (Å²) in [5.41, 5.74) is 2.47. The fraction of sp³-hybridized carbons (Fsp3) is 0.444. The highest BCUT2D eigenvalue weighted by atomic mass is 32.1. The minimum Gasteiger partial charge on any atom is -0.414 e. The molecule has 0 spiro atoms. The van der Waals surface area contributed by atoms with Gasteiger partial charge in [-0.25, -0.2) is 0 Å². The SMILES string of the molecule is COCC[NH+](CC(=O)Nc1c(C)nn(C)c1C)Cc1nnc(-c2cccs2)o1. The summed E-state index contributed by atoms with van der Waals surface area (Å²) < 4.78 is 12.7. The van der Waals surface area contributed by atoms with Gasteiger partial charge < -0.3 is 19.4 Å². The topological polar surface area (TPSA) is 99.5 Å². The van der Waals surface area contributed by atoms with E-state index in [9.17, 15) is 4.79 Å². The van der Waals surface area contributed by atoms with Crippen molar-refractivity contribution in [2.45, 2.75) is 20.4 Å². The van der Waals surface area contributed by atoms with Gasteiger partial charge in [0.1, 0.15) is 6.54 Å². The Morgan fingerprint density at radius 1 is 1.39 bits per heavy atom. The Bertz CT molecular complexity index is 918. The van der Waals surface area contributed by atoms with Crippen molar-refractivity contribution in [2.24, 2.45) is 7.05 Å². The predicted molar refractivity (Wildman–Crippen MR) is 105 cm³/mol. The lowest BCUT2D eigenvalue weighted by atomic mass is 10.3. The number of anilines is 1. The van der Waals surface area contributed by atoms with Gasteiger partial charge in [0.25, 0.3) is 17.7 Å². The van der Waals surface area contributed by atoms with Crippen molar-refractivity contribution in [1.82, 2.24) is 20.0 Å². The Balaban J connectivity index is 1.65. The van der Waals surface area contributed by atoms with Gasteiger partial charge in [-0.3, -0.25) is 9.48 Å². The third kappa shape index (κ3) is 4.83. The average molecular weight is 406 g/mol. The number of aromatic nitrogens is 4. The van der Waals surface area contributed by atoms with E-state index in [2.05, 4.69) is 20.6 Å². The molecule has 0 fully saturated rings. The van der Waals surface area contributed by atoms with E-state index in [0.717, 1.165) is 26.9 Å². The first-order valence-electron chi connectivity index (χ1n) is 8.96. The molecule has 0 radical (unpaired) electrons. The van der Waals surface area contributed by atoms with Gasteiger partial charge in [-0.05, 0) is 25.3 Å². The van der Waals surface area contributed by atoms with Crippen molar-refractivity contribution in [3.05, 3.63) is 34.8 Å². The number of nitrogens with one attached hydrogen (secondary N) is 2. The van der Waals surface area contributed by atoms with Gasteiger partial charge in [-0.2, -0.15) is 5.10 Å². The molecule has 9 nitrogen and oxygen atoms in total. The van der Waals surface area contributed by atoms with Crippen LogP contribution < -0.4 is 10.2 Å². The molecule has 0 aromatic carbocycles. The average Bonchev–Trinajstić information content (AvgIpc) is 3.38. The molecule has 0 saturated heterocycles. The maximum atomic E-state index is 12.6. The molecule has 0 aliphatic heterocycles. The molecule has 150 valence electrons. The van der Waals surface area contributed by atoms with E-state index in [1.165, 1.54) is 0 Å². The molecule has 1 atom stereocenters. The molecule has 3 rings (SSSR count). The number of methoxy groups -OCH3 is 1. The predicted octanol–water partition coefficient (Wildman–Crippen LogP) is 0.818. The number of hydrogen-bond acceptors (Lipinski definition) is 7. The number of aryl methyl sites for hydroxylation is 2. The molecule has 0 aliphatic carbocycles. The zero-order valence-electron chi connectivity index (χ0n) is 16.5. The van der Waals surface area contributed by atoms with Crippen LogP contribution in [0.25, 0.3) is 10.8 Å². The summed E-state index contributed by atoms with van der Waals surface area (Å²) in [6.07, 6.45) is 0. The summed E-state index contributed by atoms with van der Waals surface area (Å²) >= 11 is 1.54. The van der Waals surface area contributed by atoms with E-state index < -0.39 is 0 Å². The first kappa shape index (κ1) is 20.2. The van der Waals surface area contributed by atoms with E-state index >= 15 is 0 Å². The zero-order chi connectivity index (χ0) is 20.1. The van der Waals surface area contributed by atoms with Crippen LogP contribution in [0, 0.1) is 13.8 Å². The van der Waals surface area contributed by atoms with Gasteiger partial charge in [-0.15, -0.1) is 21.5 Å². The van der Waals surface area contributed by atoms with Gasteiger partial charge in [0.2, 0.25) is 0 Å². The van der Waals surface area contributed by atoms with E-state index in [-0.39, 0.29) is 12.5 Å². The minimum absolute atomic E-state index is 0.0942. The maximum Gasteiger partial charge on any atom is 0.279 e. The monoisotopic (exact) mass is 405 g/mol. The van der Waals surface area contributed by atoms with E-state index in [0.29, 0.717) is 31.5 Å². The van der Waals surface area contributed by atoms with E-state index in [1.807, 2.05) is 38.4 Å². The fourth-order valence-electron chi connectivity index (χ4n) is 2.89. The highest BCUT2D eigenvalue weighted by Gasteiger charge is 2.21. The van der Waals surface area contributed by atoms with Gasteiger partial charge in [0.15, 0.2) is 13.1 Å². The smallest absolute Gasteiger partial charge is 0.279 e. The molecule has 0 aliphatic rings. The van der Waals surface area contributed by atoms with Crippen molar-refractivity contribution in [3.8, 4) is 10.8 Å². The van der Waals surface area contributed by atoms with Crippen LogP contribution >= 0.6 is 11.3 Å². The normalized spacial score (nSPS) is 12.3. The summed E-state index contributed by atoms with van der Waals surface area (Å²) in [4.78, 5) is 14.5. The number of ether oxygens (including phenoxy) is 1. The largest absolute Gasteiger partial charge is 0.414 e. The molecular weight excluding hydrogens is 380 g/mol. The summed E-state index contributed by atoms with van der Waals surface area (Å²) in [5, 5.41) is 17.5. The molecule has 28 heavy (non-hydrogen) atoms. The quantitative estimate of drug-likeness (QED) is 0.547. The molecule has 1 amide bonds. The third-order valence-corrected chi connectivity index (χ3v) is 5.30. The van der Waals surface area contributed by atoms with Crippen molar-refractivity contribution >= 4 is 22.9 Å². The minimum atomic E-state index is -0.0942. The number of quaternary nitrogens is 1. The lowest BCUT2D eigenvalue weighted by Gasteiger charge is -2.17. The molecule has 3 heterocycles. The van der Waals surface area contributed by atoms with Crippen molar-refractivity contribution in [1.29, 1.82) is 0 Å². The highest BCUT2D eigenvalue weighted by molar-refractivity contribution is 7.13. The van der Waals surface area contributed by atoms with Crippen LogP contribution in [0.3, 0.4) is 0 Å². The Morgan fingerprint density at radius 3 is 2.86 bits per heavy atom. The Labute approximate surface area is 167 Å². The molecular formula is C18H25N6O3S+. The Hall–Kier alpha value is -2.56. The van der Waals surface area contributed by atoms with Gasteiger partial charge in [0, 0.05) is 14.2 Å². The number of carbonyl (C=O) groups is 1. The highest BCUT2D eigenvalue weighted by Crippen LogP contribution is 2.22. The number of hydrogen-bond donors (Lipinski definition) is 2. The number of nitrogens with zero attached hydrogens (tertiary/aromatic N) is 4. The lowest BCUT2D eigenvalue weighted by Crippen LogP contribution is -3.12. The lowest BCUT2D eigenvalue weighted by molar-refractivity contribution is -0.907. The summed E-state index contributed by atoms with van der Waals surface area (Å²) in [6.45, 7) is 5.68. The standard InChI is InChI=1S/C18H24N6O3S/c1-12-17(13(2)23(3)22-12)19-15(25)10-24(7-8-26-4)11-16-20-21-18(27-16)14-6-5-9-28-14/h5-6,9H,7-8,10-11H2,1-4H3,(H,19,25)/p+1. The van der Waals surface area contributed by atoms with Crippen LogP contribution in [0.2, 0.25) is 0 Å². The summed E-state index contributed by atoms with van der Waals surface area (Å²) in [6, 6.07) is 3.87. The van der Waals surface area contributed by atoms with Crippen LogP contribution in [-0.4, -0.2) is 52.7 Å². The van der Waals surface area contributed by atoms with Gasteiger partial charge >= 0.3 is 0 Å². The van der Waals surface area contributed by atoms with Crippen LogP contribution in [0.15, 0.2) is 21.9 Å². The molecule has 2 N–H and O–H groups in total. The summed E-state index contributed by atoms with van der Waals surface area (Å²) in [7, 11) is 3.50. The van der Waals surface area contributed by atoms with Gasteiger partial charge in [-0.1, -0.05) is 6.07 Å². The second-order valence-corrected chi connectivity index (χ2v) is 7.49. The Kier molecular flexibility index (Phi) is 6.55. The fourth-order valence-corrected chi connectivity index (χ4v) is 3.53. The van der Waals surface area contributed by atoms with Crippen LogP contribution in [0.4, 0.5) is 5.69 Å². The Morgan fingerprint density at radius 2 is 2.21 bits per heavy atom. The third-order valence-electron chi connectivity index (χ3n) is 4.44. The first-order valence-corrected chi connectivity index (χ1v) is 9.84. The molecule has 1 unspecified atom stereocenters. The van der Waals surface area contributed by atoms with Crippen LogP contribution in [-0.2, 0) is 23.1 Å². The summed E-state index contributed by atoms with van der Waals surface area (Å²) in [5.74, 6) is 0.904. The molecule has 3 aromatic heterocycles. The molecule has 0 bridgehead atoms. The van der Waals surface area contributed by atoms with Gasteiger partial charge in [0.05, 0.1) is 28.6 Å². The van der Waals surface area contributed by atoms with Crippen LogP contribution in [0.5, 0.6) is 0 Å². The zero-order valence-corrected chi connectivity index (χ0v) is 17.3. The molecule has 10 heteroatoms. The van der Waals surface area contributed by atoms with Crippen LogP contribution in [0.1, 0.15) is 17.3 Å². The number of rotatable bonds is 9. The van der Waals surface area contributed by atoms with Crippen molar-refractivity contribution in [3.63, 3.8) is 0 Å². The van der Waals surface area contributed by atoms with Crippen molar-refractivity contribution in [2.75, 3.05) is 32.1 Å². The second-order valence-electron chi connectivity index (χ2n) is 6.54. The number of thiophene rings is 1. The molecule has 0 saturated carbocycles. The first-order chi connectivity index (χ1) is 13.5. The number of amides is 1. The second kappa shape index (κ2) is 9.09. The van der Waals surface area contributed by atoms with Crippen molar-refractivity contribution < 1.29 is 18.8 Å². The van der Waals surface area contributed by atoms with E-state index in [1.54, 1.807) is 23.1 Å². The molecule has 3 aromatic rings. The number of carbonyl (C=O) groups excluding carboxylic acids is 1.